The number of hydrogen-bond donors (Lipinski definition) is 0. The lowest BCUT2D eigenvalue weighted by Crippen LogP contribution is -2.30. The lowest BCUT2D eigenvalue weighted by Gasteiger charge is -2.18. The second-order valence-electron chi connectivity index (χ2n) is 22.7. The highest BCUT2D eigenvalue weighted by molar-refractivity contribution is 5.71. The summed E-state index contributed by atoms with van der Waals surface area (Å²) < 4.78 is 17.0. The molecule has 0 heterocycles. The third-order valence-electron chi connectivity index (χ3n) is 14.7. The van der Waals surface area contributed by atoms with Gasteiger partial charge in [-0.15, -0.1) is 0 Å². The van der Waals surface area contributed by atoms with Crippen LogP contribution < -0.4 is 0 Å². The van der Waals surface area contributed by atoms with Crippen LogP contribution >= 0.6 is 0 Å². The van der Waals surface area contributed by atoms with Crippen molar-refractivity contribution >= 4 is 17.9 Å². The minimum atomic E-state index is -0.788. The van der Waals surface area contributed by atoms with Crippen molar-refractivity contribution < 1.29 is 28.6 Å². The number of hydrogen-bond acceptors (Lipinski definition) is 6. The Balaban J connectivity index is 4.28. The average molecular weight is 1130 g/mol. The van der Waals surface area contributed by atoms with Gasteiger partial charge in [0.2, 0.25) is 0 Å². The molecule has 0 aliphatic carbocycles. The molecule has 81 heavy (non-hydrogen) atoms. The second-order valence-corrected chi connectivity index (χ2v) is 22.7. The van der Waals surface area contributed by atoms with Gasteiger partial charge in [-0.25, -0.2) is 0 Å². The van der Waals surface area contributed by atoms with Crippen LogP contribution in [0.4, 0.5) is 0 Å². The third kappa shape index (κ3) is 66.8. The highest BCUT2D eigenvalue weighted by atomic mass is 16.6. The van der Waals surface area contributed by atoms with Crippen LogP contribution in [0.1, 0.15) is 329 Å². The minimum Gasteiger partial charge on any atom is -0.462 e. The quantitative estimate of drug-likeness (QED) is 0.0261. The van der Waals surface area contributed by atoms with Crippen molar-refractivity contribution in [2.75, 3.05) is 13.2 Å². The molecular formula is C75H128O6. The van der Waals surface area contributed by atoms with Crippen LogP contribution in [0.25, 0.3) is 0 Å². The zero-order valence-corrected chi connectivity index (χ0v) is 53.3. The Morgan fingerprint density at radius 1 is 0.259 bits per heavy atom. The molecule has 0 aliphatic heterocycles. The van der Waals surface area contributed by atoms with Crippen LogP contribution in [0.3, 0.4) is 0 Å². The molecule has 0 aliphatic rings. The first-order chi connectivity index (χ1) is 40.0. The molecule has 6 heteroatoms. The number of allylic oxidation sites excluding steroid dienone is 18. The van der Waals surface area contributed by atoms with Gasteiger partial charge in [0.05, 0.1) is 0 Å². The lowest BCUT2D eigenvalue weighted by atomic mass is 10.0. The summed E-state index contributed by atoms with van der Waals surface area (Å²) in [5.74, 6) is -0.890. The highest BCUT2D eigenvalue weighted by Crippen LogP contribution is 2.16. The summed E-state index contributed by atoms with van der Waals surface area (Å²) in [6, 6.07) is 0. The standard InChI is InChI=1S/C75H128O6/c1-4-7-10-13-16-19-22-25-28-30-31-32-33-34-35-36-37-38-39-40-41-42-43-45-47-50-53-56-59-62-65-68-74(77)80-71-72(70-79-73(76)67-64-61-58-55-52-49-46-27-24-21-18-15-12-9-6-3)81-75(78)69-66-63-60-57-54-51-48-44-29-26-23-20-17-14-11-8-5-2/h7,10,16-17,19-20,25-29,31-32,34-35,37-38,46,72H,4-6,8-9,11-15,18,21-24,30,33,36,39-45,47-71H2,1-3H3/b10-7-,19-16-,20-17-,28-25-,29-26-,32-31-,35-34-,38-37-,46-27-. The molecule has 0 aromatic heterocycles. The SMILES string of the molecule is CC/C=C\C/C=C\C/C=C\C/C=C\C/C=C\C/C=C\CCCCCCCCCCCCCCC(=O)OCC(COC(=O)CCCCCCC/C=C\CCCCCCCC)OC(=O)CCCCCCCCC/C=C\C/C=C\CCCCC. The molecule has 0 aromatic carbocycles. The monoisotopic (exact) mass is 1120 g/mol. The maximum atomic E-state index is 12.9. The van der Waals surface area contributed by atoms with Gasteiger partial charge in [0.1, 0.15) is 13.2 Å². The summed E-state index contributed by atoms with van der Waals surface area (Å²) in [6.45, 7) is 6.51. The predicted molar refractivity (Wildman–Crippen MR) is 353 cm³/mol. The van der Waals surface area contributed by atoms with Gasteiger partial charge in [0.25, 0.3) is 0 Å². The van der Waals surface area contributed by atoms with Gasteiger partial charge in [-0.1, -0.05) is 291 Å². The smallest absolute Gasteiger partial charge is 0.306 e. The van der Waals surface area contributed by atoms with Crippen LogP contribution in [-0.4, -0.2) is 37.2 Å². The lowest BCUT2D eigenvalue weighted by molar-refractivity contribution is -0.167. The maximum Gasteiger partial charge on any atom is 0.306 e. The van der Waals surface area contributed by atoms with Crippen molar-refractivity contribution in [2.24, 2.45) is 0 Å². The van der Waals surface area contributed by atoms with Crippen LogP contribution in [0.5, 0.6) is 0 Å². The average Bonchev–Trinajstić information content (AvgIpc) is 3.47. The fraction of sp³-hybridized carbons (Fsp3) is 0.720. The first kappa shape index (κ1) is 77.1. The minimum absolute atomic E-state index is 0.0837. The van der Waals surface area contributed by atoms with E-state index in [0.717, 1.165) is 116 Å². The van der Waals surface area contributed by atoms with E-state index in [2.05, 4.69) is 130 Å². The molecule has 0 saturated carbocycles. The number of rotatable bonds is 62. The Hall–Kier alpha value is -3.93. The van der Waals surface area contributed by atoms with Crippen LogP contribution in [-0.2, 0) is 28.6 Å². The number of esters is 3. The Morgan fingerprint density at radius 3 is 0.790 bits per heavy atom. The number of carbonyl (C=O) groups excluding carboxylic acids is 3. The largest absolute Gasteiger partial charge is 0.462 e. The molecular weight excluding hydrogens is 997 g/mol. The molecule has 0 N–H and O–H groups in total. The van der Waals surface area contributed by atoms with Gasteiger partial charge in [0, 0.05) is 19.3 Å². The summed E-state index contributed by atoms with van der Waals surface area (Å²) >= 11 is 0. The first-order valence-electron chi connectivity index (χ1n) is 34.4. The van der Waals surface area contributed by atoms with E-state index in [9.17, 15) is 14.4 Å². The maximum absolute atomic E-state index is 12.9. The van der Waals surface area contributed by atoms with Gasteiger partial charge >= 0.3 is 17.9 Å². The molecule has 0 amide bonds. The van der Waals surface area contributed by atoms with Gasteiger partial charge < -0.3 is 14.2 Å². The summed E-state index contributed by atoms with van der Waals surface area (Å²) in [5, 5.41) is 0. The molecule has 0 bridgehead atoms. The number of ether oxygens (including phenoxy) is 3. The Kier molecular flexibility index (Phi) is 65.2. The number of carbonyl (C=O) groups is 3. The van der Waals surface area contributed by atoms with Crippen LogP contribution in [0.2, 0.25) is 0 Å². The van der Waals surface area contributed by atoms with Crippen molar-refractivity contribution in [3.05, 3.63) is 109 Å². The van der Waals surface area contributed by atoms with E-state index < -0.39 is 6.10 Å². The summed E-state index contributed by atoms with van der Waals surface area (Å²) in [4.78, 5) is 38.4. The first-order valence-corrected chi connectivity index (χ1v) is 34.4. The molecule has 0 rings (SSSR count). The summed E-state index contributed by atoms with van der Waals surface area (Å²) in [7, 11) is 0. The van der Waals surface area contributed by atoms with Crippen LogP contribution in [0, 0.1) is 0 Å². The molecule has 0 fully saturated rings. The molecule has 1 unspecified atom stereocenters. The summed E-state index contributed by atoms with van der Waals surface area (Å²) in [6.07, 6.45) is 93.9. The Bertz CT molecular complexity index is 1620. The Labute approximate surface area is 501 Å². The van der Waals surface area contributed by atoms with Crippen molar-refractivity contribution in [2.45, 2.75) is 335 Å². The van der Waals surface area contributed by atoms with Gasteiger partial charge in [-0.2, -0.15) is 0 Å². The predicted octanol–water partition coefficient (Wildman–Crippen LogP) is 23.8. The van der Waals surface area contributed by atoms with Crippen molar-refractivity contribution in [3.63, 3.8) is 0 Å². The highest BCUT2D eigenvalue weighted by Gasteiger charge is 2.19. The van der Waals surface area contributed by atoms with E-state index in [0.29, 0.717) is 19.3 Å². The van der Waals surface area contributed by atoms with E-state index in [1.807, 2.05) is 0 Å². The van der Waals surface area contributed by atoms with Crippen molar-refractivity contribution in [3.8, 4) is 0 Å². The fourth-order valence-corrected chi connectivity index (χ4v) is 9.59. The van der Waals surface area contributed by atoms with Gasteiger partial charge in [0.15, 0.2) is 6.10 Å². The second kappa shape index (κ2) is 68.6. The zero-order valence-electron chi connectivity index (χ0n) is 53.3. The molecule has 0 radical (unpaired) electrons. The van der Waals surface area contributed by atoms with E-state index in [-0.39, 0.29) is 31.1 Å². The van der Waals surface area contributed by atoms with Crippen molar-refractivity contribution in [1.29, 1.82) is 0 Å². The molecule has 464 valence electrons. The normalized spacial score (nSPS) is 12.8. The fourth-order valence-electron chi connectivity index (χ4n) is 9.59. The number of unbranched alkanes of at least 4 members (excludes halogenated alkanes) is 33. The topological polar surface area (TPSA) is 78.9 Å². The third-order valence-corrected chi connectivity index (χ3v) is 14.7. The molecule has 0 saturated heterocycles. The van der Waals surface area contributed by atoms with Crippen molar-refractivity contribution in [1.82, 2.24) is 0 Å². The molecule has 1 atom stereocenters. The van der Waals surface area contributed by atoms with Gasteiger partial charge in [-0.3, -0.25) is 14.4 Å². The van der Waals surface area contributed by atoms with E-state index in [4.69, 9.17) is 14.2 Å². The van der Waals surface area contributed by atoms with E-state index in [1.165, 1.54) is 173 Å². The molecule has 0 aromatic rings. The zero-order chi connectivity index (χ0) is 58.5. The van der Waals surface area contributed by atoms with Gasteiger partial charge in [-0.05, 0) is 128 Å². The summed E-state index contributed by atoms with van der Waals surface area (Å²) in [5.41, 5.74) is 0. The van der Waals surface area contributed by atoms with E-state index >= 15 is 0 Å². The van der Waals surface area contributed by atoms with E-state index in [1.54, 1.807) is 0 Å². The Morgan fingerprint density at radius 2 is 0.481 bits per heavy atom. The van der Waals surface area contributed by atoms with Crippen LogP contribution in [0.15, 0.2) is 109 Å². The molecule has 6 nitrogen and oxygen atoms in total. The molecule has 0 spiro atoms.